The molecule has 5 N–H and O–H groups in total. The summed E-state index contributed by atoms with van der Waals surface area (Å²) in [5.74, 6) is -0.671. The number of carboxylic acid groups (broad SMARTS) is 1. The van der Waals surface area contributed by atoms with Gasteiger partial charge in [0.2, 0.25) is 5.95 Å². The van der Waals surface area contributed by atoms with Crippen molar-refractivity contribution in [2.45, 2.75) is 9.79 Å². The monoisotopic (exact) mass is 482 g/mol. The second kappa shape index (κ2) is 9.46. The number of H-pyrrole nitrogens is 1. The number of carbonyl (C=O) groups is 2. The number of fused-ring (bicyclic) bond motifs is 1. The van der Waals surface area contributed by atoms with E-state index < -0.39 is 22.9 Å². The number of hydrogen-bond donors (Lipinski definition) is 5. The maximum Gasteiger partial charge on any atom is 0.411 e. The lowest BCUT2D eigenvalue weighted by Gasteiger charge is -2.09. The molecule has 0 aliphatic heterocycles. The van der Waals surface area contributed by atoms with E-state index >= 15 is 0 Å². The molecular weight excluding hydrogens is 467 g/mol. The third-order valence-electron chi connectivity index (χ3n) is 4.44. The number of amides is 3. The highest BCUT2D eigenvalue weighted by molar-refractivity contribution is 7.99. The molecule has 0 saturated heterocycles. The molecule has 0 aliphatic rings. The number of rotatable bonds is 6. The summed E-state index contributed by atoms with van der Waals surface area (Å²) in [6.45, 7) is 0. The van der Waals surface area contributed by atoms with Crippen molar-refractivity contribution in [2.24, 2.45) is 0 Å². The molecule has 0 saturated carbocycles. The van der Waals surface area contributed by atoms with Gasteiger partial charge in [0, 0.05) is 27.6 Å². The first-order valence-corrected chi connectivity index (χ1v) is 10.4. The number of urea groups is 1. The second-order valence-electron chi connectivity index (χ2n) is 6.82. The highest BCUT2D eigenvalue weighted by Crippen LogP contribution is 2.31. The van der Waals surface area contributed by atoms with Gasteiger partial charge < -0.3 is 20.7 Å². The fourth-order valence-electron chi connectivity index (χ4n) is 2.96. The normalized spacial score (nSPS) is 10.6. The topological polar surface area (TPSA) is 162 Å². The van der Waals surface area contributed by atoms with Crippen molar-refractivity contribution >= 4 is 57.9 Å². The highest BCUT2D eigenvalue weighted by Gasteiger charge is 2.13. The molecule has 0 bridgehead atoms. The summed E-state index contributed by atoms with van der Waals surface area (Å²) in [5.41, 5.74) is 1.05. The molecule has 0 atom stereocenters. The minimum atomic E-state index is -1.22. The van der Waals surface area contributed by atoms with Crippen molar-refractivity contribution in [3.05, 3.63) is 76.6 Å². The number of nitrogens with zero attached hydrogens (tertiary/aromatic N) is 2. The maximum absolute atomic E-state index is 13.8. The summed E-state index contributed by atoms with van der Waals surface area (Å²) in [4.78, 5) is 41.8. The van der Waals surface area contributed by atoms with Gasteiger partial charge >= 0.3 is 12.1 Å². The van der Waals surface area contributed by atoms with Gasteiger partial charge in [-0.3, -0.25) is 15.4 Å². The highest BCUT2D eigenvalue weighted by atomic mass is 32.2. The predicted octanol–water partition coefficient (Wildman–Crippen LogP) is 5.50. The number of nitrogens with one attached hydrogen (secondary N) is 4. The van der Waals surface area contributed by atoms with Gasteiger partial charge in [-0.1, -0.05) is 11.8 Å². The number of anilines is 3. The Bertz CT molecular complexity index is 1410. The summed E-state index contributed by atoms with van der Waals surface area (Å²) in [6.07, 6.45) is -1.22. The first kappa shape index (κ1) is 22.5. The minimum absolute atomic E-state index is 0.128. The van der Waals surface area contributed by atoms with Crippen LogP contribution in [-0.2, 0) is 0 Å². The van der Waals surface area contributed by atoms with Crippen LogP contribution < -0.4 is 16.0 Å². The number of aromatic amines is 1. The number of benzene rings is 3. The SMILES string of the molecule is O=C(O)Nc1nc2cc(Sc3ccc(NC(=O)Nc4cc([N+](=O)[O-])ccc4F)cc3)ccc2[nH]1. The van der Waals surface area contributed by atoms with Crippen LogP contribution in [0.3, 0.4) is 0 Å². The van der Waals surface area contributed by atoms with Crippen LogP contribution in [0.4, 0.5) is 37.0 Å². The molecule has 3 amide bonds. The second-order valence-corrected chi connectivity index (χ2v) is 7.97. The largest absolute Gasteiger partial charge is 0.465 e. The smallest absolute Gasteiger partial charge is 0.411 e. The van der Waals surface area contributed by atoms with E-state index in [1.54, 1.807) is 36.4 Å². The molecular formula is C21H15FN6O5S. The molecule has 3 aromatic carbocycles. The molecule has 4 rings (SSSR count). The number of hydrogen-bond acceptors (Lipinski definition) is 6. The van der Waals surface area contributed by atoms with Gasteiger partial charge in [0.15, 0.2) is 0 Å². The summed E-state index contributed by atoms with van der Waals surface area (Å²) in [7, 11) is 0. The lowest BCUT2D eigenvalue weighted by molar-refractivity contribution is -0.384. The Hall–Kier alpha value is -4.65. The average molecular weight is 482 g/mol. The van der Waals surface area contributed by atoms with Crippen LogP contribution in [0.15, 0.2) is 70.5 Å². The molecule has 0 unspecified atom stereocenters. The van der Waals surface area contributed by atoms with E-state index in [0.29, 0.717) is 16.7 Å². The first-order valence-electron chi connectivity index (χ1n) is 9.56. The molecule has 4 aromatic rings. The van der Waals surface area contributed by atoms with Crippen LogP contribution in [0, 0.1) is 15.9 Å². The van der Waals surface area contributed by atoms with Crippen LogP contribution in [-0.4, -0.2) is 32.1 Å². The van der Waals surface area contributed by atoms with Gasteiger partial charge in [-0.05, 0) is 48.5 Å². The fraction of sp³-hybridized carbons (Fsp3) is 0. The molecule has 0 radical (unpaired) electrons. The van der Waals surface area contributed by atoms with E-state index in [1.807, 2.05) is 6.07 Å². The lowest BCUT2D eigenvalue weighted by atomic mass is 10.2. The van der Waals surface area contributed by atoms with Crippen LogP contribution in [0.1, 0.15) is 0 Å². The molecule has 0 fully saturated rings. The van der Waals surface area contributed by atoms with Crippen LogP contribution >= 0.6 is 11.8 Å². The Balaban J connectivity index is 1.39. The van der Waals surface area contributed by atoms with E-state index in [4.69, 9.17) is 5.11 Å². The third kappa shape index (κ3) is 5.39. The predicted molar refractivity (Wildman–Crippen MR) is 124 cm³/mol. The number of halogens is 1. The Labute approximate surface area is 194 Å². The average Bonchev–Trinajstić information content (AvgIpc) is 3.17. The zero-order valence-electron chi connectivity index (χ0n) is 17.0. The van der Waals surface area contributed by atoms with Gasteiger partial charge in [-0.15, -0.1) is 0 Å². The fourth-order valence-corrected chi connectivity index (χ4v) is 3.81. The molecule has 1 aromatic heterocycles. The van der Waals surface area contributed by atoms with E-state index in [-0.39, 0.29) is 17.3 Å². The molecule has 11 nitrogen and oxygen atoms in total. The van der Waals surface area contributed by atoms with E-state index in [9.17, 15) is 24.1 Å². The lowest BCUT2D eigenvalue weighted by Crippen LogP contribution is -2.20. The number of aromatic nitrogens is 2. The minimum Gasteiger partial charge on any atom is -0.465 e. The number of imidazole rings is 1. The number of nitro groups is 1. The van der Waals surface area contributed by atoms with Gasteiger partial charge in [-0.25, -0.2) is 19.0 Å². The zero-order valence-corrected chi connectivity index (χ0v) is 17.9. The first-order chi connectivity index (χ1) is 16.3. The number of nitro benzene ring substituents is 1. The molecule has 13 heteroatoms. The van der Waals surface area contributed by atoms with Crippen LogP contribution in [0.25, 0.3) is 11.0 Å². The Morgan fingerprint density at radius 1 is 1.00 bits per heavy atom. The van der Waals surface area contributed by atoms with Crippen LogP contribution in [0.2, 0.25) is 0 Å². The van der Waals surface area contributed by atoms with Gasteiger partial charge in [0.1, 0.15) is 5.82 Å². The number of carbonyl (C=O) groups excluding carboxylic acids is 1. The van der Waals surface area contributed by atoms with Gasteiger partial charge in [0.05, 0.1) is 21.6 Å². The number of non-ortho nitro benzene ring substituents is 1. The van der Waals surface area contributed by atoms with Crippen molar-refractivity contribution in [2.75, 3.05) is 16.0 Å². The summed E-state index contributed by atoms with van der Waals surface area (Å²) >= 11 is 1.43. The third-order valence-corrected chi connectivity index (χ3v) is 5.43. The summed E-state index contributed by atoms with van der Waals surface area (Å²) < 4.78 is 13.8. The molecule has 0 aliphatic carbocycles. The van der Waals surface area contributed by atoms with Crippen molar-refractivity contribution in [1.29, 1.82) is 0 Å². The molecule has 1 heterocycles. The van der Waals surface area contributed by atoms with Crippen molar-refractivity contribution in [3.8, 4) is 0 Å². The Morgan fingerprint density at radius 2 is 1.74 bits per heavy atom. The molecule has 34 heavy (non-hydrogen) atoms. The maximum atomic E-state index is 13.8. The van der Waals surface area contributed by atoms with Crippen molar-refractivity contribution in [3.63, 3.8) is 0 Å². The standard InChI is InChI=1S/C21H15FN6O5S/c22-15-7-3-12(28(32)33)9-17(15)26-20(29)23-11-1-4-13(5-2-11)34-14-6-8-16-18(10-14)25-19(24-16)27-21(30)31/h1-10H,(H,30,31)(H2,23,26,29)(H2,24,25,27). The van der Waals surface area contributed by atoms with E-state index in [1.165, 1.54) is 11.8 Å². The molecule has 172 valence electrons. The summed E-state index contributed by atoms with van der Waals surface area (Å²) in [6, 6.07) is 14.3. The van der Waals surface area contributed by atoms with Crippen molar-refractivity contribution in [1.82, 2.24) is 9.97 Å². The Kier molecular flexibility index (Phi) is 6.27. The van der Waals surface area contributed by atoms with Crippen molar-refractivity contribution < 1.29 is 24.0 Å². The van der Waals surface area contributed by atoms with Gasteiger partial charge in [-0.2, -0.15) is 0 Å². The van der Waals surface area contributed by atoms with Gasteiger partial charge in [0.25, 0.3) is 5.69 Å². The molecule has 0 spiro atoms. The van der Waals surface area contributed by atoms with Crippen LogP contribution in [0.5, 0.6) is 0 Å². The van der Waals surface area contributed by atoms with E-state index in [2.05, 4.69) is 25.9 Å². The summed E-state index contributed by atoms with van der Waals surface area (Å²) in [5, 5.41) is 26.6. The quantitative estimate of drug-likeness (QED) is 0.179. The zero-order chi connectivity index (χ0) is 24.2. The van der Waals surface area contributed by atoms with E-state index in [0.717, 1.165) is 28.0 Å². The Morgan fingerprint density at radius 3 is 2.44 bits per heavy atom.